The molecule has 0 bridgehead atoms. The van der Waals surface area contributed by atoms with Crippen LogP contribution in [0.3, 0.4) is 0 Å². The molecule has 0 heterocycles. The Labute approximate surface area is 175 Å². The average Bonchev–Trinajstić information content (AvgIpc) is 2.64. The Hall–Kier alpha value is -2.34. The van der Waals surface area contributed by atoms with Crippen LogP contribution < -0.4 is 0 Å². The van der Waals surface area contributed by atoms with Gasteiger partial charge in [0.1, 0.15) is 0 Å². The highest BCUT2D eigenvalue weighted by molar-refractivity contribution is 9.12. The Morgan fingerprint density at radius 1 is 1.11 bits per heavy atom. The number of benzene rings is 1. The van der Waals surface area contributed by atoms with Crippen molar-refractivity contribution in [3.05, 3.63) is 64.3 Å². The van der Waals surface area contributed by atoms with Crippen LogP contribution in [0.5, 0.6) is 0 Å². The molecule has 1 rings (SSSR count). The molecule has 0 N–H and O–H groups in total. The van der Waals surface area contributed by atoms with Gasteiger partial charge in [0.05, 0.1) is 19.9 Å². The van der Waals surface area contributed by atoms with Crippen molar-refractivity contribution in [1.82, 2.24) is 4.90 Å². The van der Waals surface area contributed by atoms with Crippen molar-refractivity contribution in [3.63, 3.8) is 0 Å². The lowest BCUT2D eigenvalue weighted by Crippen LogP contribution is -2.28. The lowest BCUT2D eigenvalue weighted by Gasteiger charge is -2.30. The topological polar surface area (TPSA) is 55.8 Å². The van der Waals surface area contributed by atoms with Crippen LogP contribution in [-0.4, -0.2) is 44.7 Å². The van der Waals surface area contributed by atoms with E-state index >= 15 is 0 Å². The Kier molecular flexibility index (Phi) is 8.69. The quantitative estimate of drug-likeness (QED) is 0.152. The lowest BCUT2D eigenvalue weighted by molar-refractivity contribution is -0.144. The van der Waals surface area contributed by atoms with Crippen molar-refractivity contribution >= 4 is 33.4 Å². The Morgan fingerprint density at radius 3 is 2.00 bits per heavy atom. The first-order valence-corrected chi connectivity index (χ1v) is 9.58. The zero-order valence-corrected chi connectivity index (χ0v) is 18.9. The fraction of sp³-hybridized carbons (Fsp3) is 0.364. The largest absolute Gasteiger partial charge is 0.465 e. The van der Waals surface area contributed by atoms with Crippen molar-refractivity contribution in [1.29, 1.82) is 0 Å². The number of nitrogens with zero attached hydrogens (tertiary/aromatic N) is 1. The van der Waals surface area contributed by atoms with E-state index in [1.165, 1.54) is 14.2 Å². The summed E-state index contributed by atoms with van der Waals surface area (Å²) in [6.45, 7) is 10.4. The Morgan fingerprint density at radius 2 is 1.61 bits per heavy atom. The molecule has 0 atom stereocenters. The highest BCUT2D eigenvalue weighted by atomic mass is 79.9. The van der Waals surface area contributed by atoms with Gasteiger partial charge >= 0.3 is 11.9 Å². The van der Waals surface area contributed by atoms with E-state index in [9.17, 15) is 9.59 Å². The van der Waals surface area contributed by atoms with Gasteiger partial charge in [-0.05, 0) is 32.5 Å². The Bertz CT molecular complexity index is 771. The molecule has 0 aliphatic carbocycles. The minimum atomic E-state index is -0.768. The van der Waals surface area contributed by atoms with Crippen LogP contribution in [0.1, 0.15) is 26.3 Å². The average molecular weight is 450 g/mol. The normalized spacial score (nSPS) is 11.8. The smallest absolute Gasteiger partial charge is 0.347 e. The number of ether oxygens (including phenoxy) is 2. The zero-order valence-electron chi connectivity index (χ0n) is 17.3. The SMILES string of the molecule is C=CCN(C)C(=C(C(=O)OC)C(=O)OC)/C(Br)=C(/c1ccccc1)C(C)(C)C. The van der Waals surface area contributed by atoms with Gasteiger partial charge in [-0.3, -0.25) is 0 Å². The molecule has 0 fully saturated rings. The molecular weight excluding hydrogens is 422 g/mol. The minimum absolute atomic E-state index is 0.182. The van der Waals surface area contributed by atoms with Crippen LogP contribution >= 0.6 is 15.9 Å². The molecule has 6 heteroatoms. The molecule has 0 spiro atoms. The van der Waals surface area contributed by atoms with Crippen molar-refractivity contribution in [2.75, 3.05) is 27.8 Å². The summed E-state index contributed by atoms with van der Waals surface area (Å²) in [5.74, 6) is -1.54. The predicted octanol–water partition coefficient (Wildman–Crippen LogP) is 4.56. The van der Waals surface area contributed by atoms with Crippen molar-refractivity contribution in [2.24, 2.45) is 5.41 Å². The fourth-order valence-electron chi connectivity index (χ4n) is 2.85. The van der Waals surface area contributed by atoms with E-state index in [-0.39, 0.29) is 11.0 Å². The number of rotatable bonds is 7. The molecule has 0 aliphatic rings. The molecular formula is C22H28BrNO4. The summed E-state index contributed by atoms with van der Waals surface area (Å²) in [4.78, 5) is 26.8. The van der Waals surface area contributed by atoms with Gasteiger partial charge in [0.15, 0.2) is 5.57 Å². The fourth-order valence-corrected chi connectivity index (χ4v) is 4.17. The second kappa shape index (κ2) is 10.3. The highest BCUT2D eigenvalue weighted by Crippen LogP contribution is 2.42. The van der Waals surface area contributed by atoms with Crippen LogP contribution in [0.15, 0.2) is 58.7 Å². The summed E-state index contributed by atoms with van der Waals surface area (Å²) in [5.41, 5.74) is 1.81. The number of hydrogen-bond donors (Lipinski definition) is 0. The number of hydrogen-bond acceptors (Lipinski definition) is 5. The van der Waals surface area contributed by atoms with Crippen molar-refractivity contribution < 1.29 is 19.1 Å². The second-order valence-corrected chi connectivity index (χ2v) is 7.97. The molecule has 0 saturated carbocycles. The van der Waals surface area contributed by atoms with Gasteiger partial charge in [0, 0.05) is 18.1 Å². The van der Waals surface area contributed by atoms with Gasteiger partial charge in [-0.25, -0.2) is 9.59 Å². The van der Waals surface area contributed by atoms with Crippen molar-refractivity contribution in [2.45, 2.75) is 20.8 Å². The van der Waals surface area contributed by atoms with E-state index in [4.69, 9.17) is 9.47 Å². The molecule has 0 unspecified atom stereocenters. The Balaban J connectivity index is 4.01. The number of allylic oxidation sites excluding steroid dienone is 2. The molecule has 5 nitrogen and oxygen atoms in total. The number of likely N-dealkylation sites (N-methyl/N-ethyl adjacent to an activating group) is 1. The number of esters is 2. The van der Waals surface area contributed by atoms with Gasteiger partial charge in [-0.15, -0.1) is 6.58 Å². The summed E-state index contributed by atoms with van der Waals surface area (Å²) in [6, 6.07) is 9.80. The number of carbonyl (C=O) groups is 2. The van der Waals surface area contributed by atoms with E-state index in [1.807, 2.05) is 30.3 Å². The van der Waals surface area contributed by atoms with E-state index < -0.39 is 11.9 Å². The molecule has 0 saturated heterocycles. The molecule has 0 amide bonds. The van der Waals surface area contributed by atoms with Gasteiger partial charge in [0.2, 0.25) is 0 Å². The first-order chi connectivity index (χ1) is 13.1. The van der Waals surface area contributed by atoms with Gasteiger partial charge in [0.25, 0.3) is 0 Å². The van der Waals surface area contributed by atoms with Gasteiger partial charge < -0.3 is 14.4 Å². The van der Waals surface area contributed by atoms with E-state index in [0.29, 0.717) is 16.7 Å². The first kappa shape index (κ1) is 23.7. The third kappa shape index (κ3) is 5.58. The second-order valence-electron chi connectivity index (χ2n) is 7.18. The molecule has 0 radical (unpaired) electrons. The van der Waals surface area contributed by atoms with Crippen LogP contribution in [0.2, 0.25) is 0 Å². The standard InChI is InChI=1S/C22H28BrNO4/c1-8-14-24(5)19(16(20(25)27-6)21(26)28-7)18(23)17(22(2,3)4)15-12-10-9-11-13-15/h8-13H,1,14H2,2-7H3/b18-17+. The van der Waals surface area contributed by atoms with Crippen molar-refractivity contribution in [3.8, 4) is 0 Å². The molecule has 152 valence electrons. The first-order valence-electron chi connectivity index (χ1n) is 8.79. The van der Waals surface area contributed by atoms with Crippen LogP contribution in [0.25, 0.3) is 5.57 Å². The van der Waals surface area contributed by atoms with Crippen LogP contribution in [0.4, 0.5) is 0 Å². The number of carbonyl (C=O) groups excluding carboxylic acids is 2. The van der Waals surface area contributed by atoms with E-state index in [1.54, 1.807) is 18.0 Å². The third-order valence-electron chi connectivity index (χ3n) is 4.04. The summed E-state index contributed by atoms with van der Waals surface area (Å²) < 4.78 is 10.4. The molecule has 0 aromatic heterocycles. The monoisotopic (exact) mass is 449 g/mol. The minimum Gasteiger partial charge on any atom is -0.465 e. The van der Waals surface area contributed by atoms with Gasteiger partial charge in [-0.1, -0.05) is 57.2 Å². The maximum absolute atomic E-state index is 12.5. The summed E-state index contributed by atoms with van der Waals surface area (Å²) in [5, 5.41) is 0. The van der Waals surface area contributed by atoms with E-state index in [0.717, 1.165) is 11.1 Å². The molecule has 0 aliphatic heterocycles. The highest BCUT2D eigenvalue weighted by Gasteiger charge is 2.32. The summed E-state index contributed by atoms with van der Waals surface area (Å²) in [7, 11) is 4.24. The summed E-state index contributed by atoms with van der Waals surface area (Å²) in [6.07, 6.45) is 1.69. The predicted molar refractivity (Wildman–Crippen MR) is 116 cm³/mol. The number of methoxy groups -OCH3 is 2. The lowest BCUT2D eigenvalue weighted by atomic mass is 9.81. The molecule has 1 aromatic carbocycles. The molecule has 1 aromatic rings. The maximum Gasteiger partial charge on any atom is 0.347 e. The zero-order chi connectivity index (χ0) is 21.5. The maximum atomic E-state index is 12.5. The van der Waals surface area contributed by atoms with Crippen LogP contribution in [-0.2, 0) is 19.1 Å². The number of halogens is 1. The summed E-state index contributed by atoms with van der Waals surface area (Å²) >= 11 is 3.68. The third-order valence-corrected chi connectivity index (χ3v) is 4.81. The van der Waals surface area contributed by atoms with E-state index in [2.05, 4.69) is 43.3 Å². The van der Waals surface area contributed by atoms with Gasteiger partial charge in [-0.2, -0.15) is 0 Å². The van der Waals surface area contributed by atoms with Crippen LogP contribution in [0, 0.1) is 5.41 Å². The molecule has 28 heavy (non-hydrogen) atoms.